The summed E-state index contributed by atoms with van der Waals surface area (Å²) in [4.78, 5) is 45.6. The minimum atomic E-state index is -0.750. The number of aldehydes is 1. The molecule has 0 aliphatic carbocycles. The lowest BCUT2D eigenvalue weighted by Crippen LogP contribution is -2.53. The quantitative estimate of drug-likeness (QED) is 0.245. The van der Waals surface area contributed by atoms with Crippen LogP contribution in [0.25, 0.3) is 10.9 Å². The first-order chi connectivity index (χ1) is 20.3. The summed E-state index contributed by atoms with van der Waals surface area (Å²) in [7, 11) is 0. The van der Waals surface area contributed by atoms with Gasteiger partial charge in [-0.3, -0.25) is 14.6 Å². The number of amides is 2. The van der Waals surface area contributed by atoms with Gasteiger partial charge in [-0.05, 0) is 67.5 Å². The number of aromatic nitrogens is 1. The highest BCUT2D eigenvalue weighted by Gasteiger charge is 2.38. The summed E-state index contributed by atoms with van der Waals surface area (Å²) in [6.45, 7) is 4.06. The molecule has 2 heterocycles. The van der Waals surface area contributed by atoms with Crippen LogP contribution in [-0.4, -0.2) is 57.8 Å². The molecule has 5 rings (SSSR count). The number of hydrogen-bond acceptors (Lipinski definition) is 6. The van der Waals surface area contributed by atoms with Crippen LogP contribution in [0.2, 0.25) is 0 Å². The number of anilines is 1. The zero-order chi connectivity index (χ0) is 29.6. The van der Waals surface area contributed by atoms with Crippen LogP contribution in [0.1, 0.15) is 35.1 Å². The van der Waals surface area contributed by atoms with Crippen molar-refractivity contribution in [2.45, 2.75) is 57.7 Å². The third-order valence-corrected chi connectivity index (χ3v) is 7.85. The number of carbonyl (C=O) groups excluding carboxylic acids is 3. The van der Waals surface area contributed by atoms with E-state index in [2.05, 4.69) is 15.6 Å². The van der Waals surface area contributed by atoms with Crippen LogP contribution in [0.15, 0.2) is 79.0 Å². The molecule has 3 N–H and O–H groups in total. The molecule has 0 spiro atoms. The van der Waals surface area contributed by atoms with Crippen LogP contribution in [0.3, 0.4) is 0 Å². The van der Waals surface area contributed by atoms with E-state index in [4.69, 9.17) is 0 Å². The number of carbonyl (C=O) groups is 3. The molecule has 1 aliphatic heterocycles. The van der Waals surface area contributed by atoms with Gasteiger partial charge in [0.1, 0.15) is 24.1 Å². The molecule has 0 radical (unpaired) electrons. The normalized spacial score (nSPS) is 16.1. The van der Waals surface area contributed by atoms with Gasteiger partial charge in [-0.2, -0.15) is 0 Å². The van der Waals surface area contributed by atoms with Crippen LogP contribution < -0.4 is 10.6 Å². The highest BCUT2D eigenvalue weighted by atomic mass is 16.3. The summed E-state index contributed by atoms with van der Waals surface area (Å²) >= 11 is 0. The Labute approximate surface area is 245 Å². The Balaban J connectivity index is 1.33. The van der Waals surface area contributed by atoms with Crippen LogP contribution in [0, 0.1) is 13.8 Å². The molecule has 1 aromatic heterocycles. The fourth-order valence-corrected chi connectivity index (χ4v) is 5.73. The molecular formula is C34H36N4O4. The Hall–Kier alpha value is -4.72. The molecule has 1 aliphatic rings. The van der Waals surface area contributed by atoms with Gasteiger partial charge in [0.2, 0.25) is 11.8 Å². The first-order valence-electron chi connectivity index (χ1n) is 14.3. The number of pyridine rings is 1. The maximum absolute atomic E-state index is 14.1. The van der Waals surface area contributed by atoms with Gasteiger partial charge in [0.05, 0.1) is 23.4 Å². The lowest BCUT2D eigenvalue weighted by Gasteiger charge is -2.30. The monoisotopic (exact) mass is 564 g/mol. The second kappa shape index (κ2) is 12.9. The van der Waals surface area contributed by atoms with E-state index in [0.717, 1.165) is 34.0 Å². The number of rotatable bonds is 10. The molecular weight excluding hydrogens is 528 g/mol. The average Bonchev–Trinajstić information content (AvgIpc) is 3.49. The summed E-state index contributed by atoms with van der Waals surface area (Å²) < 4.78 is 0. The van der Waals surface area contributed by atoms with E-state index >= 15 is 0 Å². The Morgan fingerprint density at radius 2 is 1.71 bits per heavy atom. The van der Waals surface area contributed by atoms with Crippen molar-refractivity contribution in [2.24, 2.45) is 0 Å². The molecule has 4 aromatic rings. The van der Waals surface area contributed by atoms with Gasteiger partial charge in [-0.15, -0.1) is 0 Å². The fraction of sp³-hybridized carbons (Fsp3) is 0.294. The summed E-state index contributed by atoms with van der Waals surface area (Å²) in [5.41, 5.74) is 4.86. The van der Waals surface area contributed by atoms with Crippen molar-refractivity contribution in [2.75, 3.05) is 11.9 Å². The van der Waals surface area contributed by atoms with Crippen LogP contribution >= 0.6 is 0 Å². The molecule has 8 heteroatoms. The zero-order valence-corrected chi connectivity index (χ0v) is 23.9. The number of phenols is 1. The second-order valence-corrected chi connectivity index (χ2v) is 11.0. The fourth-order valence-electron chi connectivity index (χ4n) is 5.73. The molecule has 3 unspecified atom stereocenters. The lowest BCUT2D eigenvalue weighted by atomic mass is 10.00. The van der Waals surface area contributed by atoms with Crippen molar-refractivity contribution in [1.29, 1.82) is 0 Å². The standard InChI is InChI=1S/C34H36N4O4/c1-22-15-25(16-23(2)32(22)40)17-28(21-39)37-33(41)31-13-8-14-38(31)34(42)30(18-24-9-4-3-5-10-24)36-27-19-26-11-6-7-12-29(26)35-20-27/h3-7,9-12,15-16,19-21,28,30-31,36,40H,8,13-14,17-18H2,1-2H3,(H,37,41). The number of fused-ring (bicyclic) bond motifs is 1. The van der Waals surface area contributed by atoms with E-state index in [-0.39, 0.29) is 17.6 Å². The maximum atomic E-state index is 14.1. The van der Waals surface area contributed by atoms with Crippen LogP contribution in [0.5, 0.6) is 5.75 Å². The third kappa shape index (κ3) is 6.60. The molecule has 2 amide bonds. The van der Waals surface area contributed by atoms with E-state index in [9.17, 15) is 19.5 Å². The predicted octanol–water partition coefficient (Wildman–Crippen LogP) is 4.50. The molecule has 216 valence electrons. The Bertz CT molecular complexity index is 1570. The Kier molecular flexibility index (Phi) is 8.81. The largest absolute Gasteiger partial charge is 0.507 e. The summed E-state index contributed by atoms with van der Waals surface area (Å²) in [5.74, 6) is -0.281. The number of nitrogens with zero attached hydrogens (tertiary/aromatic N) is 2. The van der Waals surface area contributed by atoms with Crippen LogP contribution in [-0.2, 0) is 27.2 Å². The molecule has 3 atom stereocenters. The van der Waals surface area contributed by atoms with Gasteiger partial charge in [-0.25, -0.2) is 0 Å². The zero-order valence-electron chi connectivity index (χ0n) is 23.9. The smallest absolute Gasteiger partial charge is 0.246 e. The molecule has 8 nitrogen and oxygen atoms in total. The van der Waals surface area contributed by atoms with Crippen molar-refractivity contribution in [3.8, 4) is 5.75 Å². The Morgan fingerprint density at radius 3 is 2.45 bits per heavy atom. The molecule has 0 bridgehead atoms. The number of phenolic OH excluding ortho intramolecular Hbond substituents is 1. The van der Waals surface area contributed by atoms with E-state index in [1.807, 2.05) is 72.8 Å². The topological polar surface area (TPSA) is 112 Å². The van der Waals surface area contributed by atoms with Gasteiger partial charge in [0.15, 0.2) is 0 Å². The van der Waals surface area contributed by atoms with Crippen molar-refractivity contribution < 1.29 is 19.5 Å². The first-order valence-corrected chi connectivity index (χ1v) is 14.3. The Morgan fingerprint density at radius 1 is 1.00 bits per heavy atom. The van der Waals surface area contributed by atoms with Crippen molar-refractivity contribution in [3.05, 3.63) is 101 Å². The highest BCUT2D eigenvalue weighted by Crippen LogP contribution is 2.25. The van der Waals surface area contributed by atoms with E-state index in [0.29, 0.717) is 43.4 Å². The minimum absolute atomic E-state index is 0.169. The summed E-state index contributed by atoms with van der Waals surface area (Å²) in [6, 6.07) is 21.2. The third-order valence-electron chi connectivity index (χ3n) is 7.85. The number of nitrogens with one attached hydrogen (secondary N) is 2. The summed E-state index contributed by atoms with van der Waals surface area (Å²) in [5, 5.41) is 17.3. The molecule has 1 fully saturated rings. The highest BCUT2D eigenvalue weighted by molar-refractivity contribution is 5.93. The second-order valence-electron chi connectivity index (χ2n) is 11.0. The first kappa shape index (κ1) is 28.8. The van der Waals surface area contributed by atoms with Gasteiger partial charge in [0.25, 0.3) is 0 Å². The molecule has 3 aromatic carbocycles. The van der Waals surface area contributed by atoms with Crippen molar-refractivity contribution in [3.63, 3.8) is 0 Å². The van der Waals surface area contributed by atoms with Crippen molar-refractivity contribution in [1.82, 2.24) is 15.2 Å². The number of aromatic hydroxyl groups is 1. The van der Waals surface area contributed by atoms with E-state index in [1.165, 1.54) is 0 Å². The molecule has 42 heavy (non-hydrogen) atoms. The average molecular weight is 565 g/mol. The van der Waals surface area contributed by atoms with Crippen LogP contribution in [0.4, 0.5) is 5.69 Å². The van der Waals surface area contributed by atoms with Gasteiger partial charge in [-0.1, -0.05) is 60.7 Å². The van der Waals surface area contributed by atoms with Crippen molar-refractivity contribution >= 4 is 34.7 Å². The van der Waals surface area contributed by atoms with Gasteiger partial charge in [0, 0.05) is 18.4 Å². The van der Waals surface area contributed by atoms with Gasteiger partial charge < -0.3 is 25.4 Å². The number of benzene rings is 3. The number of hydrogen-bond donors (Lipinski definition) is 3. The summed E-state index contributed by atoms with van der Waals surface area (Å²) in [6.07, 6.45) is 4.41. The lowest BCUT2D eigenvalue weighted by molar-refractivity contribution is -0.139. The molecule has 1 saturated heterocycles. The number of likely N-dealkylation sites (tertiary alicyclic amines) is 1. The van der Waals surface area contributed by atoms with Gasteiger partial charge >= 0.3 is 0 Å². The number of aryl methyl sites for hydroxylation is 2. The molecule has 0 saturated carbocycles. The maximum Gasteiger partial charge on any atom is 0.246 e. The van der Waals surface area contributed by atoms with E-state index in [1.54, 1.807) is 24.9 Å². The SMILES string of the molecule is Cc1cc(CC(C=O)NC(=O)C2CCCN2C(=O)C(Cc2ccccc2)Nc2cnc3ccccc3c2)cc(C)c1O. The van der Waals surface area contributed by atoms with E-state index < -0.39 is 18.1 Å². The number of para-hydroxylation sites is 1. The predicted molar refractivity (Wildman–Crippen MR) is 163 cm³/mol. The minimum Gasteiger partial charge on any atom is -0.507 e.